The zero-order valence-electron chi connectivity index (χ0n) is 22.1. The van der Waals surface area contributed by atoms with E-state index in [1.807, 2.05) is 48.5 Å². The Balaban J connectivity index is 1.48. The van der Waals surface area contributed by atoms with Gasteiger partial charge in [0.2, 0.25) is 10.0 Å². The van der Waals surface area contributed by atoms with E-state index in [-0.39, 0.29) is 17.0 Å². The summed E-state index contributed by atoms with van der Waals surface area (Å²) in [7, 11) is -0.911. The van der Waals surface area contributed by atoms with E-state index in [0.717, 1.165) is 41.7 Å². The second kappa shape index (κ2) is 12.8. The minimum Gasteiger partial charge on any atom is -0.496 e. The molecule has 1 aliphatic rings. The molecule has 2 N–H and O–H groups in total. The van der Waals surface area contributed by atoms with Crippen molar-refractivity contribution >= 4 is 27.7 Å². The van der Waals surface area contributed by atoms with Crippen LogP contribution in [0.1, 0.15) is 24.8 Å². The van der Waals surface area contributed by atoms with E-state index in [1.54, 1.807) is 19.2 Å². The number of benzene rings is 3. The normalized spacial score (nSPS) is 14.7. The molecule has 0 unspecified atom stereocenters. The smallest absolute Gasteiger partial charge is 0.328 e. The first-order valence-electron chi connectivity index (χ1n) is 12.8. The summed E-state index contributed by atoms with van der Waals surface area (Å²) in [4.78, 5) is 25.5. The van der Waals surface area contributed by atoms with Crippen molar-refractivity contribution in [1.82, 2.24) is 9.62 Å². The summed E-state index contributed by atoms with van der Waals surface area (Å²) in [6.45, 7) is 0.895. The third-order valence-electron chi connectivity index (χ3n) is 6.67. The molecule has 3 aromatic rings. The highest BCUT2D eigenvalue weighted by molar-refractivity contribution is 7.89. The molecule has 1 heterocycles. The zero-order valence-corrected chi connectivity index (χ0v) is 22.9. The molecule has 0 radical (unpaired) electrons. The maximum Gasteiger partial charge on any atom is 0.328 e. The largest absolute Gasteiger partial charge is 0.496 e. The number of urea groups is 1. The van der Waals surface area contributed by atoms with Crippen molar-refractivity contribution in [3.8, 4) is 16.9 Å². The fourth-order valence-corrected chi connectivity index (χ4v) is 6.30. The minimum atomic E-state index is -3.78. The number of piperidine rings is 1. The fourth-order valence-electron chi connectivity index (χ4n) is 4.63. The first-order valence-corrected chi connectivity index (χ1v) is 14.2. The monoisotopic (exact) mass is 551 g/mol. The number of nitrogens with one attached hydrogen (secondary N) is 2. The van der Waals surface area contributed by atoms with Crippen molar-refractivity contribution in [2.75, 3.05) is 32.6 Å². The van der Waals surface area contributed by atoms with Gasteiger partial charge in [-0.2, -0.15) is 4.31 Å². The maximum absolute atomic E-state index is 13.3. The number of methoxy groups -OCH3 is 2. The van der Waals surface area contributed by atoms with Crippen LogP contribution in [-0.2, 0) is 26.0 Å². The molecule has 0 saturated carbocycles. The molecule has 0 aromatic heterocycles. The summed E-state index contributed by atoms with van der Waals surface area (Å²) in [6, 6.07) is 19.8. The molecule has 206 valence electrons. The average molecular weight is 552 g/mol. The van der Waals surface area contributed by atoms with Gasteiger partial charge in [0.05, 0.1) is 19.9 Å². The van der Waals surface area contributed by atoms with Gasteiger partial charge in [-0.15, -0.1) is 0 Å². The summed E-state index contributed by atoms with van der Waals surface area (Å²) in [6.07, 6.45) is 2.78. The molecule has 2 amide bonds. The van der Waals surface area contributed by atoms with Crippen LogP contribution in [0.25, 0.3) is 11.1 Å². The summed E-state index contributed by atoms with van der Waals surface area (Å²) in [5, 5.41) is 5.25. The Morgan fingerprint density at radius 1 is 0.897 bits per heavy atom. The third kappa shape index (κ3) is 6.76. The van der Waals surface area contributed by atoms with Gasteiger partial charge in [-0.05, 0) is 42.2 Å². The molecule has 39 heavy (non-hydrogen) atoms. The van der Waals surface area contributed by atoms with Gasteiger partial charge in [0.1, 0.15) is 16.7 Å². The van der Waals surface area contributed by atoms with Crippen LogP contribution in [0, 0.1) is 0 Å². The van der Waals surface area contributed by atoms with Crippen LogP contribution in [0.4, 0.5) is 10.5 Å². The van der Waals surface area contributed by atoms with Gasteiger partial charge in [0.25, 0.3) is 0 Å². The van der Waals surface area contributed by atoms with Crippen molar-refractivity contribution in [3.63, 3.8) is 0 Å². The lowest BCUT2D eigenvalue weighted by Crippen LogP contribution is -2.45. The number of rotatable bonds is 9. The number of nitrogens with zero attached hydrogens (tertiary/aromatic N) is 1. The molecule has 1 fully saturated rings. The van der Waals surface area contributed by atoms with Gasteiger partial charge in [-0.1, -0.05) is 61.0 Å². The lowest BCUT2D eigenvalue weighted by molar-refractivity contribution is -0.142. The van der Waals surface area contributed by atoms with Gasteiger partial charge in [0.15, 0.2) is 0 Å². The number of hydrogen-bond acceptors (Lipinski definition) is 6. The van der Waals surface area contributed by atoms with E-state index >= 15 is 0 Å². The van der Waals surface area contributed by atoms with Crippen LogP contribution < -0.4 is 15.4 Å². The molecule has 1 atom stereocenters. The highest BCUT2D eigenvalue weighted by Gasteiger charge is 2.29. The lowest BCUT2D eigenvalue weighted by atomic mass is 10.00. The van der Waals surface area contributed by atoms with Gasteiger partial charge in [0, 0.05) is 25.1 Å². The van der Waals surface area contributed by atoms with Gasteiger partial charge in [-0.3, -0.25) is 0 Å². The van der Waals surface area contributed by atoms with Crippen LogP contribution in [-0.4, -0.2) is 58.1 Å². The average Bonchev–Trinajstić information content (AvgIpc) is 2.97. The van der Waals surface area contributed by atoms with E-state index in [9.17, 15) is 18.0 Å². The molecule has 9 nitrogen and oxygen atoms in total. The molecule has 0 aliphatic carbocycles. The Hall–Kier alpha value is -3.89. The molecular formula is C29H33N3O6S. The second-order valence-corrected chi connectivity index (χ2v) is 11.1. The Morgan fingerprint density at radius 3 is 2.26 bits per heavy atom. The van der Waals surface area contributed by atoms with E-state index in [1.165, 1.54) is 23.5 Å². The third-order valence-corrected chi connectivity index (χ3v) is 8.63. The standard InChI is InChI=1S/C29H33N3O6S/c1-37-26-12-6-4-10-23(26)22-16-14-21(15-17-22)20-25(28(33)38-2)31-29(34)30-24-11-5-7-13-27(24)39(35,36)32-18-8-3-9-19-32/h4-7,10-17,25H,3,8-9,18-20H2,1-2H3,(H2,30,31,34)/t25-/m0/s1. The SMILES string of the molecule is COC(=O)[C@H](Cc1ccc(-c2ccccc2OC)cc1)NC(=O)Nc1ccccc1S(=O)(=O)N1CCCCC1. The predicted octanol–water partition coefficient (Wildman–Crippen LogP) is 4.44. The van der Waals surface area contributed by atoms with E-state index in [4.69, 9.17) is 9.47 Å². The summed E-state index contributed by atoms with van der Waals surface area (Å²) in [5.74, 6) is 0.131. The fraction of sp³-hybridized carbons (Fsp3) is 0.310. The van der Waals surface area contributed by atoms with Gasteiger partial charge >= 0.3 is 12.0 Å². The number of anilines is 1. The van der Waals surface area contributed by atoms with Crippen LogP contribution in [0.2, 0.25) is 0 Å². The molecule has 1 aliphatic heterocycles. The van der Waals surface area contributed by atoms with Gasteiger partial charge < -0.3 is 20.1 Å². The quantitative estimate of drug-likeness (QED) is 0.380. The lowest BCUT2D eigenvalue weighted by Gasteiger charge is -2.27. The number of carbonyl (C=O) groups excluding carboxylic acids is 2. The second-order valence-electron chi connectivity index (χ2n) is 9.24. The topological polar surface area (TPSA) is 114 Å². The summed E-state index contributed by atoms with van der Waals surface area (Å²) in [5.41, 5.74) is 2.83. The van der Waals surface area contributed by atoms with Crippen molar-refractivity contribution in [3.05, 3.63) is 78.4 Å². The zero-order chi connectivity index (χ0) is 27.8. The van der Waals surface area contributed by atoms with Crippen molar-refractivity contribution in [2.45, 2.75) is 36.6 Å². The van der Waals surface area contributed by atoms with Crippen LogP contribution >= 0.6 is 0 Å². The first-order chi connectivity index (χ1) is 18.8. The Kier molecular flexibility index (Phi) is 9.21. The maximum atomic E-state index is 13.3. The van der Waals surface area contributed by atoms with Crippen LogP contribution in [0.15, 0.2) is 77.7 Å². The highest BCUT2D eigenvalue weighted by atomic mass is 32.2. The van der Waals surface area contributed by atoms with E-state index in [0.29, 0.717) is 13.1 Å². The summed E-state index contributed by atoms with van der Waals surface area (Å²) >= 11 is 0. The van der Waals surface area contributed by atoms with Crippen molar-refractivity contribution < 1.29 is 27.5 Å². The highest BCUT2D eigenvalue weighted by Crippen LogP contribution is 2.30. The number of para-hydroxylation sites is 2. The minimum absolute atomic E-state index is 0.0172. The molecule has 0 bridgehead atoms. The number of amides is 2. The molecule has 1 saturated heterocycles. The predicted molar refractivity (Wildman–Crippen MR) is 149 cm³/mol. The molecule has 10 heteroatoms. The number of sulfonamides is 1. The summed E-state index contributed by atoms with van der Waals surface area (Å²) < 4.78 is 38.3. The molecule has 3 aromatic carbocycles. The molecule has 0 spiro atoms. The Labute approximate surface area is 229 Å². The van der Waals surface area contributed by atoms with E-state index < -0.39 is 28.1 Å². The first kappa shape index (κ1) is 28.1. The van der Waals surface area contributed by atoms with E-state index in [2.05, 4.69) is 10.6 Å². The number of hydrogen-bond donors (Lipinski definition) is 2. The van der Waals surface area contributed by atoms with Crippen molar-refractivity contribution in [1.29, 1.82) is 0 Å². The molecule has 4 rings (SSSR count). The van der Waals surface area contributed by atoms with Crippen LogP contribution in [0.3, 0.4) is 0 Å². The van der Waals surface area contributed by atoms with Crippen LogP contribution in [0.5, 0.6) is 5.75 Å². The number of esters is 1. The van der Waals surface area contributed by atoms with Gasteiger partial charge in [-0.25, -0.2) is 18.0 Å². The Bertz CT molecular complexity index is 1400. The molecular weight excluding hydrogens is 518 g/mol. The number of ether oxygens (including phenoxy) is 2. The Morgan fingerprint density at radius 2 is 1.56 bits per heavy atom. The number of carbonyl (C=O) groups is 2. The van der Waals surface area contributed by atoms with Crippen molar-refractivity contribution in [2.24, 2.45) is 0 Å².